The van der Waals surface area contributed by atoms with E-state index >= 15 is 0 Å². The van der Waals surface area contributed by atoms with Crippen molar-refractivity contribution in [1.82, 2.24) is 15.0 Å². The Morgan fingerprint density at radius 1 is 1.26 bits per heavy atom. The van der Waals surface area contributed by atoms with Gasteiger partial charge in [-0.05, 0) is 25.5 Å². The molecular formula is C19H17N5O6S. The van der Waals surface area contributed by atoms with E-state index in [0.29, 0.717) is 16.9 Å². The number of non-ortho nitro benzene ring substituents is 1. The molecule has 11 nitrogen and oxygen atoms in total. The number of aromatic amines is 1. The van der Waals surface area contributed by atoms with Gasteiger partial charge in [0.15, 0.2) is 10.8 Å². The van der Waals surface area contributed by atoms with Crippen molar-refractivity contribution in [2.45, 2.75) is 19.0 Å². The second-order valence-corrected chi connectivity index (χ2v) is 7.43. The quantitative estimate of drug-likeness (QED) is 0.192. The second-order valence-electron chi connectivity index (χ2n) is 6.47. The minimum atomic E-state index is -0.685. The summed E-state index contributed by atoms with van der Waals surface area (Å²) in [5.74, 6) is -1.24. The number of anilines is 1. The minimum absolute atomic E-state index is 0.00142. The first-order valence-corrected chi connectivity index (χ1v) is 9.86. The summed E-state index contributed by atoms with van der Waals surface area (Å²) in [6.45, 7) is 3.36. The molecule has 31 heavy (non-hydrogen) atoms. The maximum absolute atomic E-state index is 12.5. The lowest BCUT2D eigenvalue weighted by Gasteiger charge is -2.09. The lowest BCUT2D eigenvalue weighted by molar-refractivity contribution is -0.384. The van der Waals surface area contributed by atoms with E-state index in [-0.39, 0.29) is 33.2 Å². The molecule has 0 unspecified atom stereocenters. The van der Waals surface area contributed by atoms with Gasteiger partial charge < -0.3 is 15.0 Å². The summed E-state index contributed by atoms with van der Waals surface area (Å²) in [6, 6.07) is 5.60. The van der Waals surface area contributed by atoms with E-state index in [4.69, 9.17) is 4.74 Å². The highest BCUT2D eigenvalue weighted by molar-refractivity contribution is 7.99. The SMILES string of the molecule is COC(=O)c1cc(C)nc2nc(SCC(=O)Nc3cc([N+](=O)[O-])ccc3C)[nH]c(=O)c12. The van der Waals surface area contributed by atoms with Crippen LogP contribution in [-0.4, -0.2) is 44.6 Å². The summed E-state index contributed by atoms with van der Waals surface area (Å²) in [4.78, 5) is 58.1. The Morgan fingerprint density at radius 2 is 2.00 bits per heavy atom. The molecule has 1 amide bonds. The largest absolute Gasteiger partial charge is 0.465 e. The van der Waals surface area contributed by atoms with Gasteiger partial charge in [0.1, 0.15) is 0 Å². The molecule has 0 bridgehead atoms. The van der Waals surface area contributed by atoms with Crippen molar-refractivity contribution in [3.63, 3.8) is 0 Å². The van der Waals surface area contributed by atoms with E-state index in [0.717, 1.165) is 11.8 Å². The third-order valence-corrected chi connectivity index (χ3v) is 5.11. The first-order chi connectivity index (χ1) is 14.7. The molecule has 12 heteroatoms. The van der Waals surface area contributed by atoms with Crippen molar-refractivity contribution in [1.29, 1.82) is 0 Å². The Bertz CT molecular complexity index is 1270. The van der Waals surface area contributed by atoms with Gasteiger partial charge in [-0.2, -0.15) is 0 Å². The van der Waals surface area contributed by atoms with Gasteiger partial charge in [0.2, 0.25) is 5.91 Å². The third-order valence-electron chi connectivity index (χ3n) is 4.23. The highest BCUT2D eigenvalue weighted by atomic mass is 32.2. The zero-order chi connectivity index (χ0) is 22.7. The van der Waals surface area contributed by atoms with Crippen molar-refractivity contribution < 1.29 is 19.2 Å². The zero-order valence-corrected chi connectivity index (χ0v) is 17.5. The molecule has 0 saturated heterocycles. The van der Waals surface area contributed by atoms with Gasteiger partial charge >= 0.3 is 5.97 Å². The maximum atomic E-state index is 12.5. The van der Waals surface area contributed by atoms with Crippen LogP contribution in [0.5, 0.6) is 0 Å². The van der Waals surface area contributed by atoms with Gasteiger partial charge in [-0.15, -0.1) is 0 Å². The number of benzene rings is 1. The third kappa shape index (κ3) is 4.86. The van der Waals surface area contributed by atoms with Crippen molar-refractivity contribution in [2.75, 3.05) is 18.2 Å². The number of esters is 1. The van der Waals surface area contributed by atoms with Crippen LogP contribution in [0, 0.1) is 24.0 Å². The number of nitrogens with zero attached hydrogens (tertiary/aromatic N) is 3. The number of H-pyrrole nitrogens is 1. The number of thioether (sulfide) groups is 1. The Labute approximate surface area is 179 Å². The number of nitro groups is 1. The van der Waals surface area contributed by atoms with Gasteiger partial charge in [0, 0.05) is 17.8 Å². The second kappa shape index (κ2) is 8.92. The van der Waals surface area contributed by atoms with Crippen LogP contribution in [-0.2, 0) is 9.53 Å². The average molecular weight is 443 g/mol. The van der Waals surface area contributed by atoms with E-state index in [1.165, 1.54) is 31.4 Å². The van der Waals surface area contributed by atoms with Crippen LogP contribution < -0.4 is 10.9 Å². The fourth-order valence-corrected chi connectivity index (χ4v) is 3.42. The van der Waals surface area contributed by atoms with Crippen LogP contribution in [0.4, 0.5) is 11.4 Å². The van der Waals surface area contributed by atoms with Gasteiger partial charge in [0.05, 0.1) is 34.4 Å². The number of hydrogen-bond acceptors (Lipinski definition) is 9. The monoisotopic (exact) mass is 443 g/mol. The molecule has 0 spiro atoms. The molecule has 0 radical (unpaired) electrons. The Morgan fingerprint density at radius 3 is 2.68 bits per heavy atom. The van der Waals surface area contributed by atoms with E-state index < -0.39 is 22.4 Å². The van der Waals surface area contributed by atoms with Crippen LogP contribution >= 0.6 is 11.8 Å². The number of hydrogen-bond donors (Lipinski definition) is 2. The number of nitro benzene ring substituents is 1. The summed E-state index contributed by atoms with van der Waals surface area (Å²) >= 11 is 0.950. The average Bonchev–Trinajstić information content (AvgIpc) is 2.72. The topological polar surface area (TPSA) is 157 Å². The van der Waals surface area contributed by atoms with Crippen molar-refractivity contribution in [2.24, 2.45) is 0 Å². The predicted molar refractivity (Wildman–Crippen MR) is 113 cm³/mol. The van der Waals surface area contributed by atoms with Gasteiger partial charge in [-0.25, -0.2) is 14.8 Å². The lowest BCUT2D eigenvalue weighted by atomic mass is 10.1. The normalized spacial score (nSPS) is 10.7. The Kier molecular flexibility index (Phi) is 6.30. The van der Waals surface area contributed by atoms with Crippen LogP contribution in [0.3, 0.4) is 0 Å². The van der Waals surface area contributed by atoms with Crippen LogP contribution in [0.25, 0.3) is 11.0 Å². The lowest BCUT2D eigenvalue weighted by Crippen LogP contribution is -2.18. The summed E-state index contributed by atoms with van der Waals surface area (Å²) in [7, 11) is 1.21. The number of carbonyl (C=O) groups excluding carboxylic acids is 2. The number of methoxy groups -OCH3 is 1. The number of rotatable bonds is 6. The first-order valence-electron chi connectivity index (χ1n) is 8.87. The molecule has 0 saturated carbocycles. The predicted octanol–water partition coefficient (Wildman–Crippen LogP) is 2.36. The van der Waals surface area contributed by atoms with Crippen molar-refractivity contribution >= 4 is 46.0 Å². The van der Waals surface area contributed by atoms with Crippen molar-refractivity contribution in [3.05, 3.63) is 61.6 Å². The zero-order valence-electron chi connectivity index (χ0n) is 16.7. The Hall–Kier alpha value is -3.80. The first kappa shape index (κ1) is 21.9. The van der Waals surface area contributed by atoms with Gasteiger partial charge in [-0.1, -0.05) is 17.8 Å². The molecule has 0 aliphatic carbocycles. The molecule has 2 aromatic heterocycles. The molecule has 0 aliphatic heterocycles. The van der Waals surface area contributed by atoms with Crippen LogP contribution in [0.1, 0.15) is 21.6 Å². The number of carbonyl (C=O) groups is 2. The molecule has 1 aromatic carbocycles. The molecule has 0 fully saturated rings. The number of aromatic nitrogens is 3. The minimum Gasteiger partial charge on any atom is -0.465 e. The molecule has 2 heterocycles. The standard InChI is InChI=1S/C19H17N5O6S/c1-9-4-5-11(24(28)29)7-13(9)21-14(25)8-31-19-22-16-15(17(26)23-19)12(18(27)30-3)6-10(2)20-16/h4-7H,8H2,1-3H3,(H,21,25)(H,20,22,23,26). The smallest absolute Gasteiger partial charge is 0.338 e. The summed E-state index contributed by atoms with van der Waals surface area (Å²) < 4.78 is 4.71. The molecule has 0 aliphatic rings. The summed E-state index contributed by atoms with van der Waals surface area (Å²) in [5.41, 5.74) is 0.833. The number of aryl methyl sites for hydroxylation is 2. The number of pyridine rings is 1. The number of fused-ring (bicyclic) bond motifs is 1. The molecule has 3 rings (SSSR count). The van der Waals surface area contributed by atoms with Gasteiger partial charge in [0.25, 0.3) is 11.2 Å². The van der Waals surface area contributed by atoms with E-state index in [2.05, 4.69) is 20.3 Å². The van der Waals surface area contributed by atoms with Crippen LogP contribution in [0.15, 0.2) is 34.2 Å². The molecule has 3 aromatic rings. The fraction of sp³-hybridized carbons (Fsp3) is 0.211. The molecular weight excluding hydrogens is 426 g/mol. The molecule has 0 atom stereocenters. The molecule has 160 valence electrons. The van der Waals surface area contributed by atoms with Gasteiger partial charge in [-0.3, -0.25) is 19.7 Å². The van der Waals surface area contributed by atoms with E-state index in [1.807, 2.05) is 0 Å². The van der Waals surface area contributed by atoms with Crippen molar-refractivity contribution in [3.8, 4) is 0 Å². The summed E-state index contributed by atoms with van der Waals surface area (Å²) in [6.07, 6.45) is 0. The fourth-order valence-electron chi connectivity index (χ4n) is 2.76. The number of nitrogens with one attached hydrogen (secondary N) is 2. The van der Waals surface area contributed by atoms with E-state index in [1.54, 1.807) is 13.8 Å². The highest BCUT2D eigenvalue weighted by Crippen LogP contribution is 2.23. The van der Waals surface area contributed by atoms with E-state index in [9.17, 15) is 24.5 Å². The number of ether oxygens (including phenoxy) is 1. The Balaban J connectivity index is 1.81. The van der Waals surface area contributed by atoms with Crippen LogP contribution in [0.2, 0.25) is 0 Å². The number of amides is 1. The highest BCUT2D eigenvalue weighted by Gasteiger charge is 2.18. The molecule has 2 N–H and O–H groups in total. The summed E-state index contributed by atoms with van der Waals surface area (Å²) in [5, 5.41) is 13.7. The maximum Gasteiger partial charge on any atom is 0.338 e.